The summed E-state index contributed by atoms with van der Waals surface area (Å²) in [6.07, 6.45) is 0. The first-order valence-corrected chi connectivity index (χ1v) is 10.9. The van der Waals surface area contributed by atoms with E-state index in [-0.39, 0.29) is 17.6 Å². The summed E-state index contributed by atoms with van der Waals surface area (Å²) in [7, 11) is 3.39. The van der Waals surface area contributed by atoms with Gasteiger partial charge in [0.15, 0.2) is 0 Å². The molecule has 0 aliphatic carbocycles. The van der Waals surface area contributed by atoms with Gasteiger partial charge in [0.1, 0.15) is 10.8 Å². The molecule has 0 fully saturated rings. The summed E-state index contributed by atoms with van der Waals surface area (Å²) in [5, 5.41) is 5.60. The molecule has 0 radical (unpaired) electrons. The van der Waals surface area contributed by atoms with Crippen LogP contribution in [0.15, 0.2) is 53.9 Å². The van der Waals surface area contributed by atoms with Gasteiger partial charge in [0, 0.05) is 42.0 Å². The number of amides is 2. The van der Waals surface area contributed by atoms with E-state index in [1.54, 1.807) is 50.5 Å². The number of carbonyl (C=O) groups excluding carboxylic acids is 2. The van der Waals surface area contributed by atoms with E-state index >= 15 is 0 Å². The molecule has 0 saturated carbocycles. The van der Waals surface area contributed by atoms with Gasteiger partial charge in [0.25, 0.3) is 5.91 Å². The molecule has 29 heavy (non-hydrogen) atoms. The zero-order chi connectivity index (χ0) is 20.8. The van der Waals surface area contributed by atoms with Gasteiger partial charge in [-0.2, -0.15) is 0 Å². The van der Waals surface area contributed by atoms with Gasteiger partial charge in [-0.25, -0.2) is 9.37 Å². The van der Waals surface area contributed by atoms with E-state index in [2.05, 4.69) is 10.3 Å². The van der Waals surface area contributed by atoms with E-state index in [9.17, 15) is 14.0 Å². The van der Waals surface area contributed by atoms with Crippen LogP contribution in [-0.4, -0.2) is 41.5 Å². The Balaban J connectivity index is 1.46. The molecule has 1 heterocycles. The molecule has 5 nitrogen and oxygen atoms in total. The van der Waals surface area contributed by atoms with Gasteiger partial charge in [-0.05, 0) is 48.5 Å². The number of hydrogen-bond acceptors (Lipinski definition) is 5. The highest BCUT2D eigenvalue weighted by atomic mass is 32.2. The first-order chi connectivity index (χ1) is 13.9. The lowest BCUT2D eigenvalue weighted by Crippen LogP contribution is -2.21. The SMILES string of the molecule is CN(C)C(=O)c1ccc(NC(=O)CSCc2csc(-c3ccc(F)cc3)n2)cc1. The number of thiazole rings is 1. The fraction of sp³-hybridized carbons (Fsp3) is 0.190. The molecule has 0 saturated heterocycles. The molecule has 0 unspecified atom stereocenters. The topological polar surface area (TPSA) is 62.3 Å². The van der Waals surface area contributed by atoms with Crippen LogP contribution in [0.3, 0.4) is 0 Å². The third kappa shape index (κ3) is 5.88. The van der Waals surface area contributed by atoms with E-state index < -0.39 is 0 Å². The Bertz CT molecular complexity index is 986. The molecule has 2 aromatic carbocycles. The number of carbonyl (C=O) groups is 2. The minimum atomic E-state index is -0.272. The highest BCUT2D eigenvalue weighted by Crippen LogP contribution is 2.25. The average Bonchev–Trinajstić information content (AvgIpc) is 3.17. The lowest BCUT2D eigenvalue weighted by molar-refractivity contribution is -0.113. The number of nitrogens with zero attached hydrogens (tertiary/aromatic N) is 2. The molecule has 3 rings (SSSR count). The number of nitrogens with one attached hydrogen (secondary N) is 1. The maximum Gasteiger partial charge on any atom is 0.253 e. The van der Waals surface area contributed by atoms with Crippen molar-refractivity contribution in [2.45, 2.75) is 5.75 Å². The highest BCUT2D eigenvalue weighted by molar-refractivity contribution is 7.99. The Hall–Kier alpha value is -2.71. The van der Waals surface area contributed by atoms with Crippen LogP contribution in [0, 0.1) is 5.82 Å². The fourth-order valence-corrected chi connectivity index (χ4v) is 4.15. The summed E-state index contributed by atoms with van der Waals surface area (Å²) in [6, 6.07) is 13.1. The Kier molecular flexibility index (Phi) is 7.00. The first kappa shape index (κ1) is 21.0. The van der Waals surface area contributed by atoms with Gasteiger partial charge in [-0.1, -0.05) is 0 Å². The molecule has 0 aliphatic heterocycles. The molecule has 0 aliphatic rings. The summed E-state index contributed by atoms with van der Waals surface area (Å²) in [4.78, 5) is 30.0. The molecule has 8 heteroatoms. The molecule has 0 bridgehead atoms. The van der Waals surface area contributed by atoms with Crippen molar-refractivity contribution in [3.8, 4) is 10.6 Å². The first-order valence-electron chi connectivity index (χ1n) is 8.82. The van der Waals surface area contributed by atoms with Gasteiger partial charge in [0.05, 0.1) is 11.4 Å². The second-order valence-corrected chi connectivity index (χ2v) is 8.31. The summed E-state index contributed by atoms with van der Waals surface area (Å²) >= 11 is 2.97. The monoisotopic (exact) mass is 429 g/mol. The second-order valence-electron chi connectivity index (χ2n) is 6.47. The van der Waals surface area contributed by atoms with Crippen molar-refractivity contribution < 1.29 is 14.0 Å². The average molecular weight is 430 g/mol. The van der Waals surface area contributed by atoms with Crippen molar-refractivity contribution in [2.75, 3.05) is 25.2 Å². The lowest BCUT2D eigenvalue weighted by atomic mass is 10.2. The predicted molar refractivity (Wildman–Crippen MR) is 117 cm³/mol. The molecule has 0 spiro atoms. The smallest absolute Gasteiger partial charge is 0.253 e. The van der Waals surface area contributed by atoms with E-state index in [1.165, 1.54) is 40.1 Å². The fourth-order valence-electron chi connectivity index (χ4n) is 2.50. The Labute approximate surface area is 177 Å². The highest BCUT2D eigenvalue weighted by Gasteiger charge is 2.09. The van der Waals surface area contributed by atoms with Crippen molar-refractivity contribution in [2.24, 2.45) is 0 Å². The molecular formula is C21H20FN3O2S2. The zero-order valence-electron chi connectivity index (χ0n) is 16.0. The molecule has 150 valence electrons. The maximum absolute atomic E-state index is 13.0. The Morgan fingerprint density at radius 3 is 2.45 bits per heavy atom. The van der Waals surface area contributed by atoms with Crippen LogP contribution in [-0.2, 0) is 10.5 Å². The standard InChI is InChI=1S/C21H20FN3O2S2/c1-25(2)21(27)15-5-9-17(10-6-15)23-19(26)13-28-11-18-12-29-20(24-18)14-3-7-16(22)8-4-14/h3-10,12H,11,13H2,1-2H3,(H,23,26). The number of aromatic nitrogens is 1. The van der Waals surface area contributed by atoms with Gasteiger partial charge in [0.2, 0.25) is 5.91 Å². The lowest BCUT2D eigenvalue weighted by Gasteiger charge is -2.11. The minimum Gasteiger partial charge on any atom is -0.345 e. The van der Waals surface area contributed by atoms with Crippen molar-refractivity contribution in [3.63, 3.8) is 0 Å². The van der Waals surface area contributed by atoms with Crippen LogP contribution in [0.2, 0.25) is 0 Å². The zero-order valence-corrected chi connectivity index (χ0v) is 17.6. The molecular weight excluding hydrogens is 409 g/mol. The number of benzene rings is 2. The van der Waals surface area contributed by atoms with E-state index in [0.717, 1.165) is 16.3 Å². The van der Waals surface area contributed by atoms with Crippen molar-refractivity contribution in [1.82, 2.24) is 9.88 Å². The van der Waals surface area contributed by atoms with Crippen LogP contribution in [0.5, 0.6) is 0 Å². The minimum absolute atomic E-state index is 0.0818. The normalized spacial score (nSPS) is 10.6. The molecule has 1 aromatic heterocycles. The third-order valence-corrected chi connectivity index (χ3v) is 5.85. The maximum atomic E-state index is 13.0. The molecule has 0 atom stereocenters. The van der Waals surface area contributed by atoms with Gasteiger partial charge in [-0.15, -0.1) is 23.1 Å². The van der Waals surface area contributed by atoms with E-state index in [4.69, 9.17) is 0 Å². The number of anilines is 1. The van der Waals surface area contributed by atoms with Gasteiger partial charge < -0.3 is 10.2 Å². The largest absolute Gasteiger partial charge is 0.345 e. The number of thioether (sulfide) groups is 1. The summed E-state index contributed by atoms with van der Waals surface area (Å²) in [5.74, 6) is 0.437. The van der Waals surface area contributed by atoms with Gasteiger partial charge in [-0.3, -0.25) is 9.59 Å². The number of rotatable bonds is 7. The van der Waals surface area contributed by atoms with Crippen LogP contribution in [0.4, 0.5) is 10.1 Å². The van der Waals surface area contributed by atoms with Crippen molar-refractivity contribution in [3.05, 3.63) is 71.0 Å². The van der Waals surface area contributed by atoms with Crippen molar-refractivity contribution >= 4 is 40.6 Å². The van der Waals surface area contributed by atoms with Gasteiger partial charge >= 0.3 is 0 Å². The van der Waals surface area contributed by atoms with Crippen LogP contribution in [0.1, 0.15) is 16.1 Å². The Morgan fingerprint density at radius 2 is 1.79 bits per heavy atom. The van der Waals surface area contributed by atoms with Crippen LogP contribution in [0.25, 0.3) is 10.6 Å². The van der Waals surface area contributed by atoms with Crippen LogP contribution >= 0.6 is 23.1 Å². The van der Waals surface area contributed by atoms with E-state index in [1.807, 2.05) is 5.38 Å². The predicted octanol–water partition coefficient (Wildman–Crippen LogP) is 4.52. The molecule has 1 N–H and O–H groups in total. The van der Waals surface area contributed by atoms with Crippen LogP contribution < -0.4 is 5.32 Å². The summed E-state index contributed by atoms with van der Waals surface area (Å²) < 4.78 is 13.0. The number of halogens is 1. The summed E-state index contributed by atoms with van der Waals surface area (Å²) in [5.41, 5.74) is 2.99. The second kappa shape index (κ2) is 9.67. The summed E-state index contributed by atoms with van der Waals surface area (Å²) in [6.45, 7) is 0. The Morgan fingerprint density at radius 1 is 1.10 bits per heavy atom. The third-order valence-electron chi connectivity index (χ3n) is 3.95. The van der Waals surface area contributed by atoms with E-state index in [0.29, 0.717) is 22.8 Å². The molecule has 3 aromatic rings. The van der Waals surface area contributed by atoms with Crippen molar-refractivity contribution in [1.29, 1.82) is 0 Å². The molecule has 2 amide bonds. The number of hydrogen-bond donors (Lipinski definition) is 1. The quantitative estimate of drug-likeness (QED) is 0.600.